The van der Waals surface area contributed by atoms with Crippen LogP contribution in [0.15, 0.2) is 84.9 Å². The van der Waals surface area contributed by atoms with Crippen LogP contribution >= 0.6 is 15.9 Å². The van der Waals surface area contributed by atoms with Gasteiger partial charge in [-0.25, -0.2) is 0 Å². The number of aliphatic hydroxyl groups is 1. The lowest BCUT2D eigenvalue weighted by Gasteiger charge is -2.37. The molecule has 9 nitrogen and oxygen atoms in total. The van der Waals surface area contributed by atoms with Crippen LogP contribution in [-0.4, -0.2) is 70.0 Å². The summed E-state index contributed by atoms with van der Waals surface area (Å²) >= 11 is 3.73. The minimum Gasteiger partial charge on any atom is -0.394 e. The fourth-order valence-electron chi connectivity index (χ4n) is 7.49. The fraction of sp³-hybridized carbons (Fsp3) is 0.400. The number of carbonyl (C=O) groups excluding carboxylic acids is 3. The summed E-state index contributed by atoms with van der Waals surface area (Å²) in [4.78, 5) is 46.2. The first-order valence-corrected chi connectivity index (χ1v) is 16.5. The van der Waals surface area contributed by atoms with E-state index in [2.05, 4.69) is 45.3 Å². The normalized spacial score (nSPS) is 27.2. The van der Waals surface area contributed by atoms with E-state index in [0.717, 1.165) is 24.3 Å². The van der Waals surface area contributed by atoms with E-state index in [9.17, 15) is 19.5 Å². The summed E-state index contributed by atoms with van der Waals surface area (Å²) in [5.74, 6) is -2.76. The second kappa shape index (κ2) is 12.9. The first-order valence-electron chi connectivity index (χ1n) is 15.6. The van der Waals surface area contributed by atoms with E-state index >= 15 is 0 Å². The number of alkyl halides is 1. The van der Waals surface area contributed by atoms with Gasteiger partial charge in [0.2, 0.25) is 17.7 Å². The Labute approximate surface area is 272 Å². The fourth-order valence-corrected chi connectivity index (χ4v) is 8.43. The number of amides is 3. The number of rotatable bonds is 11. The molecule has 0 saturated carbocycles. The van der Waals surface area contributed by atoms with Gasteiger partial charge in [0.05, 0.1) is 30.6 Å². The van der Waals surface area contributed by atoms with Gasteiger partial charge in [0.25, 0.3) is 0 Å². The standard InChI is InChI=1S/C35H39BrN4O5/c1-3-39(4-2)25-17-15-24(16-18-25)38-33(43)31-35-19-26(36)30(45-35)28(32(42)37-20-22-11-7-5-8-12-22)29(35)34(44)40(31)27(21-41)23-13-9-6-10-14-23/h5-18,26-31,41H,3-4,19-21H2,1-2H3,(H,37,42)(H,38,43)/t26?,27-,28-,29+,30-,31?,35?/m1/s1. The Kier molecular flexibility index (Phi) is 8.99. The van der Waals surface area contributed by atoms with Gasteiger partial charge in [-0.1, -0.05) is 76.6 Å². The van der Waals surface area contributed by atoms with Gasteiger partial charge in [-0.05, 0) is 55.7 Å². The number of nitrogens with one attached hydrogen (secondary N) is 2. The summed E-state index contributed by atoms with van der Waals surface area (Å²) in [6.45, 7) is 5.82. The molecule has 6 rings (SSSR count). The number of nitrogens with zero attached hydrogens (tertiary/aromatic N) is 2. The minimum absolute atomic E-state index is 0.234. The topological polar surface area (TPSA) is 111 Å². The predicted molar refractivity (Wildman–Crippen MR) is 176 cm³/mol. The van der Waals surface area contributed by atoms with Gasteiger partial charge in [-0.2, -0.15) is 0 Å². The summed E-state index contributed by atoms with van der Waals surface area (Å²) in [5, 5.41) is 16.7. The Balaban J connectivity index is 1.35. The number of fused-ring (bicyclic) bond motifs is 1. The highest BCUT2D eigenvalue weighted by Crippen LogP contribution is 2.61. The molecule has 3 aromatic rings. The highest BCUT2D eigenvalue weighted by molar-refractivity contribution is 9.09. The van der Waals surface area contributed by atoms with Crippen molar-refractivity contribution in [1.29, 1.82) is 0 Å². The van der Waals surface area contributed by atoms with Crippen molar-refractivity contribution in [2.75, 3.05) is 29.9 Å². The van der Waals surface area contributed by atoms with Crippen molar-refractivity contribution in [3.8, 4) is 0 Å². The van der Waals surface area contributed by atoms with Crippen molar-refractivity contribution in [3.63, 3.8) is 0 Å². The molecule has 10 heteroatoms. The Morgan fingerprint density at radius 3 is 2.27 bits per heavy atom. The third-order valence-corrected chi connectivity index (χ3v) is 10.4. The van der Waals surface area contributed by atoms with Gasteiger partial charge in [0.15, 0.2) is 0 Å². The predicted octanol–water partition coefficient (Wildman–Crippen LogP) is 4.27. The number of hydrogen-bond acceptors (Lipinski definition) is 6. The van der Waals surface area contributed by atoms with Gasteiger partial charge in [0, 0.05) is 35.8 Å². The molecular formula is C35H39BrN4O5. The highest BCUT2D eigenvalue weighted by Gasteiger charge is 2.77. The van der Waals surface area contributed by atoms with E-state index in [1.807, 2.05) is 84.9 Å². The Morgan fingerprint density at radius 2 is 1.64 bits per heavy atom. The van der Waals surface area contributed by atoms with Crippen LogP contribution in [0.2, 0.25) is 0 Å². The van der Waals surface area contributed by atoms with Crippen LogP contribution in [0.25, 0.3) is 0 Å². The van der Waals surface area contributed by atoms with Crippen LogP contribution < -0.4 is 15.5 Å². The van der Waals surface area contributed by atoms with E-state index in [-0.39, 0.29) is 16.6 Å². The van der Waals surface area contributed by atoms with Crippen molar-refractivity contribution < 1.29 is 24.2 Å². The monoisotopic (exact) mass is 674 g/mol. The van der Waals surface area contributed by atoms with Crippen molar-refractivity contribution in [1.82, 2.24) is 10.2 Å². The number of carbonyl (C=O) groups is 3. The van der Waals surface area contributed by atoms with Gasteiger partial charge in [-0.15, -0.1) is 0 Å². The number of benzene rings is 3. The molecule has 3 aliphatic rings. The molecule has 0 aliphatic carbocycles. The smallest absolute Gasteiger partial charge is 0.250 e. The van der Waals surface area contributed by atoms with Gasteiger partial charge < -0.3 is 30.3 Å². The number of likely N-dealkylation sites (tertiary alicyclic amines) is 1. The van der Waals surface area contributed by atoms with Gasteiger partial charge in [-0.3, -0.25) is 14.4 Å². The average molecular weight is 676 g/mol. The van der Waals surface area contributed by atoms with Crippen molar-refractivity contribution >= 4 is 45.0 Å². The second-order valence-electron chi connectivity index (χ2n) is 11.9. The lowest BCUT2D eigenvalue weighted by atomic mass is 9.70. The molecule has 3 heterocycles. The molecule has 3 saturated heterocycles. The lowest BCUT2D eigenvalue weighted by Crippen LogP contribution is -2.55. The molecule has 0 radical (unpaired) electrons. The third kappa shape index (κ3) is 5.53. The number of halogens is 1. The van der Waals surface area contributed by atoms with E-state index in [0.29, 0.717) is 24.2 Å². The van der Waals surface area contributed by atoms with Crippen molar-refractivity contribution in [2.45, 2.75) is 55.4 Å². The molecular weight excluding hydrogens is 636 g/mol. The van der Waals surface area contributed by atoms with Crippen LogP contribution in [0.1, 0.15) is 37.4 Å². The number of hydrogen-bond donors (Lipinski definition) is 3. The molecule has 3 N–H and O–H groups in total. The average Bonchev–Trinajstić information content (AvgIpc) is 3.66. The van der Waals surface area contributed by atoms with Crippen molar-refractivity contribution in [3.05, 3.63) is 96.1 Å². The SMILES string of the molecule is CCN(CC)c1ccc(NC(=O)C2N([C@H](CO)c3ccccc3)C(=O)[C@@H]3[C@@H](C(=O)NCc4ccccc4)[C@@H]4OC23CC4Br)cc1. The quantitative estimate of drug-likeness (QED) is 0.262. The maximum Gasteiger partial charge on any atom is 0.250 e. The number of ether oxygens (including phenoxy) is 1. The maximum absolute atomic E-state index is 14.5. The zero-order valence-electron chi connectivity index (χ0n) is 25.4. The Hall–Kier alpha value is -3.73. The molecule has 3 amide bonds. The Bertz CT molecular complexity index is 1520. The van der Waals surface area contributed by atoms with Gasteiger partial charge in [0.1, 0.15) is 11.6 Å². The molecule has 45 heavy (non-hydrogen) atoms. The zero-order valence-corrected chi connectivity index (χ0v) is 27.0. The van der Waals surface area contributed by atoms with Crippen LogP contribution in [-0.2, 0) is 25.7 Å². The molecule has 3 aromatic carbocycles. The Morgan fingerprint density at radius 1 is 1.00 bits per heavy atom. The maximum atomic E-state index is 14.5. The van der Waals surface area contributed by atoms with Crippen LogP contribution in [0.3, 0.4) is 0 Å². The molecule has 2 bridgehead atoms. The van der Waals surface area contributed by atoms with E-state index in [4.69, 9.17) is 4.74 Å². The molecule has 3 unspecified atom stereocenters. The largest absolute Gasteiger partial charge is 0.394 e. The van der Waals surface area contributed by atoms with Gasteiger partial charge >= 0.3 is 0 Å². The molecule has 3 aliphatic heterocycles. The first-order chi connectivity index (χ1) is 21.8. The van der Waals surface area contributed by atoms with E-state index in [1.165, 1.54) is 4.90 Å². The second-order valence-corrected chi connectivity index (χ2v) is 13.1. The first kappa shape index (κ1) is 31.3. The summed E-state index contributed by atoms with van der Waals surface area (Å²) in [6, 6.07) is 24.5. The molecule has 236 valence electrons. The van der Waals surface area contributed by atoms with Crippen molar-refractivity contribution in [2.24, 2.45) is 11.8 Å². The van der Waals surface area contributed by atoms with Crippen LogP contribution in [0, 0.1) is 11.8 Å². The molecule has 7 atom stereocenters. The van der Waals surface area contributed by atoms with E-state index < -0.39 is 48.1 Å². The third-order valence-electron chi connectivity index (χ3n) is 9.54. The molecule has 1 spiro atoms. The number of anilines is 2. The summed E-state index contributed by atoms with van der Waals surface area (Å²) in [5.41, 5.74) is 2.01. The number of aliphatic hydroxyl groups excluding tert-OH is 1. The summed E-state index contributed by atoms with van der Waals surface area (Å²) in [7, 11) is 0. The summed E-state index contributed by atoms with van der Waals surface area (Å²) in [6.07, 6.45) is -0.205. The molecule has 3 fully saturated rings. The van der Waals surface area contributed by atoms with Crippen LogP contribution in [0.5, 0.6) is 0 Å². The minimum atomic E-state index is -1.25. The zero-order chi connectivity index (χ0) is 31.7. The highest BCUT2D eigenvalue weighted by atomic mass is 79.9. The summed E-state index contributed by atoms with van der Waals surface area (Å²) < 4.78 is 6.64. The lowest BCUT2D eigenvalue weighted by molar-refractivity contribution is -0.144. The van der Waals surface area contributed by atoms with E-state index in [1.54, 1.807) is 0 Å². The van der Waals surface area contributed by atoms with Crippen LogP contribution in [0.4, 0.5) is 11.4 Å². The molecule has 0 aromatic heterocycles.